The van der Waals surface area contributed by atoms with Crippen molar-refractivity contribution in [1.29, 1.82) is 0 Å². The molecule has 0 aliphatic heterocycles. The number of nitrogens with one attached hydrogen (secondary N) is 1. The van der Waals surface area contributed by atoms with Gasteiger partial charge in [0.15, 0.2) is 0 Å². The molecule has 2 aromatic heterocycles. The molecule has 0 saturated heterocycles. The Morgan fingerprint density at radius 1 is 1.38 bits per heavy atom. The maximum Gasteiger partial charge on any atom is 0.282 e. The summed E-state index contributed by atoms with van der Waals surface area (Å²) in [7, 11) is 0. The van der Waals surface area contributed by atoms with Crippen molar-refractivity contribution in [2.45, 2.75) is 6.54 Å². The van der Waals surface area contributed by atoms with Crippen molar-refractivity contribution in [3.63, 3.8) is 0 Å². The molecule has 2 aromatic rings. The molecule has 0 fully saturated rings. The second kappa shape index (κ2) is 5.00. The van der Waals surface area contributed by atoms with Crippen LogP contribution in [0.2, 0.25) is 4.47 Å². The fourth-order valence-corrected chi connectivity index (χ4v) is 1.80. The molecular weight excluding hydrogens is 248 g/mol. The summed E-state index contributed by atoms with van der Waals surface area (Å²) in [5.74, 6) is -0.277. The van der Waals surface area contributed by atoms with Crippen LogP contribution in [0.15, 0.2) is 24.5 Å². The van der Waals surface area contributed by atoms with Gasteiger partial charge in [0.05, 0.1) is 0 Å². The third-order valence-corrected chi connectivity index (χ3v) is 2.81. The summed E-state index contributed by atoms with van der Waals surface area (Å²) in [6.45, 7) is 0.429. The van der Waals surface area contributed by atoms with Crippen LogP contribution >= 0.6 is 22.9 Å². The number of carbonyl (C=O) groups is 1. The van der Waals surface area contributed by atoms with E-state index in [0.717, 1.165) is 16.9 Å². The van der Waals surface area contributed by atoms with Crippen molar-refractivity contribution in [3.05, 3.63) is 39.6 Å². The van der Waals surface area contributed by atoms with Gasteiger partial charge in [-0.3, -0.25) is 9.78 Å². The molecule has 1 amide bonds. The molecule has 0 unspecified atom stereocenters. The number of pyridine rings is 1. The van der Waals surface area contributed by atoms with E-state index in [4.69, 9.17) is 11.6 Å². The predicted octanol–water partition coefficient (Wildman–Crippen LogP) is 1.52. The van der Waals surface area contributed by atoms with E-state index < -0.39 is 0 Å². The summed E-state index contributed by atoms with van der Waals surface area (Å²) in [6.07, 6.45) is 3.34. The van der Waals surface area contributed by atoms with Crippen molar-refractivity contribution < 1.29 is 4.79 Å². The van der Waals surface area contributed by atoms with Crippen LogP contribution in [-0.2, 0) is 6.54 Å². The Labute approximate surface area is 101 Å². The normalized spacial score (nSPS) is 10.1. The molecule has 0 radical (unpaired) electrons. The molecule has 0 atom stereocenters. The number of carbonyl (C=O) groups excluding carboxylic acids is 1. The fourth-order valence-electron chi connectivity index (χ4n) is 1.06. The second-order valence-electron chi connectivity index (χ2n) is 2.90. The molecule has 0 aromatic carbocycles. The highest BCUT2D eigenvalue weighted by Crippen LogP contribution is 2.14. The Morgan fingerprint density at radius 2 is 2.12 bits per heavy atom. The van der Waals surface area contributed by atoms with Crippen LogP contribution < -0.4 is 5.32 Å². The van der Waals surface area contributed by atoms with Crippen LogP contribution in [0.5, 0.6) is 0 Å². The van der Waals surface area contributed by atoms with Gasteiger partial charge in [-0.15, -0.1) is 10.2 Å². The molecule has 0 saturated carbocycles. The lowest BCUT2D eigenvalue weighted by molar-refractivity contribution is 0.0950. The molecule has 0 spiro atoms. The number of halogens is 1. The molecule has 1 N–H and O–H groups in total. The van der Waals surface area contributed by atoms with Crippen LogP contribution in [0, 0.1) is 0 Å². The van der Waals surface area contributed by atoms with Crippen molar-refractivity contribution >= 4 is 28.8 Å². The highest BCUT2D eigenvalue weighted by molar-refractivity contribution is 7.17. The lowest BCUT2D eigenvalue weighted by Gasteiger charge is -2.01. The van der Waals surface area contributed by atoms with Crippen LogP contribution in [0.3, 0.4) is 0 Å². The minimum atomic E-state index is -0.277. The van der Waals surface area contributed by atoms with E-state index in [9.17, 15) is 4.79 Å². The average molecular weight is 255 g/mol. The second-order valence-corrected chi connectivity index (χ2v) is 4.46. The van der Waals surface area contributed by atoms with Gasteiger partial charge < -0.3 is 5.32 Å². The number of nitrogens with zero attached hydrogens (tertiary/aromatic N) is 3. The summed E-state index contributed by atoms with van der Waals surface area (Å²) >= 11 is 6.63. The van der Waals surface area contributed by atoms with E-state index in [1.54, 1.807) is 12.4 Å². The quantitative estimate of drug-likeness (QED) is 0.902. The lowest BCUT2D eigenvalue weighted by Crippen LogP contribution is -2.22. The van der Waals surface area contributed by atoms with Gasteiger partial charge >= 0.3 is 0 Å². The SMILES string of the molecule is O=C(NCc1ccncc1)c1nnc(Cl)s1. The minimum absolute atomic E-state index is 0.258. The number of hydrogen-bond acceptors (Lipinski definition) is 5. The molecule has 0 aliphatic carbocycles. The van der Waals surface area contributed by atoms with E-state index in [1.807, 2.05) is 12.1 Å². The van der Waals surface area contributed by atoms with Crippen molar-refractivity contribution in [1.82, 2.24) is 20.5 Å². The maximum atomic E-state index is 11.6. The summed E-state index contributed by atoms with van der Waals surface area (Å²) in [4.78, 5) is 15.4. The molecule has 7 heteroatoms. The van der Waals surface area contributed by atoms with E-state index >= 15 is 0 Å². The predicted molar refractivity (Wildman–Crippen MR) is 60.3 cm³/mol. The summed E-state index contributed by atoms with van der Waals surface area (Å²) in [5.41, 5.74) is 0.971. The summed E-state index contributed by atoms with van der Waals surface area (Å²) < 4.78 is 0.258. The van der Waals surface area contributed by atoms with Gasteiger partial charge in [-0.25, -0.2) is 0 Å². The summed E-state index contributed by atoms with van der Waals surface area (Å²) in [5, 5.41) is 10.2. The Hall–Kier alpha value is -1.53. The Kier molecular flexibility index (Phi) is 3.43. The van der Waals surface area contributed by atoms with Crippen molar-refractivity contribution in [2.75, 3.05) is 0 Å². The van der Waals surface area contributed by atoms with Crippen molar-refractivity contribution in [3.8, 4) is 0 Å². The molecule has 5 nitrogen and oxygen atoms in total. The molecule has 2 rings (SSSR count). The Bertz CT molecular complexity index is 487. The standard InChI is InChI=1S/C9H7ClN4OS/c10-9-14-13-8(16-9)7(15)12-5-6-1-3-11-4-2-6/h1-4H,5H2,(H,12,15). The van der Waals surface area contributed by atoms with Crippen LogP contribution in [0.4, 0.5) is 0 Å². The number of amides is 1. The van der Waals surface area contributed by atoms with Gasteiger partial charge in [0.25, 0.3) is 5.91 Å². The molecule has 82 valence electrons. The zero-order chi connectivity index (χ0) is 11.4. The molecule has 16 heavy (non-hydrogen) atoms. The number of aromatic nitrogens is 3. The molecular formula is C9H7ClN4OS. The highest BCUT2D eigenvalue weighted by Gasteiger charge is 2.10. The van der Waals surface area contributed by atoms with Gasteiger partial charge in [-0.05, 0) is 29.3 Å². The molecule has 2 heterocycles. The zero-order valence-corrected chi connectivity index (χ0v) is 9.63. The first-order chi connectivity index (χ1) is 7.75. The minimum Gasteiger partial charge on any atom is -0.346 e. The van der Waals surface area contributed by atoms with Gasteiger partial charge in [0.2, 0.25) is 9.47 Å². The average Bonchev–Trinajstić information content (AvgIpc) is 2.74. The van der Waals surface area contributed by atoms with Crippen LogP contribution in [-0.4, -0.2) is 21.1 Å². The van der Waals surface area contributed by atoms with Gasteiger partial charge in [-0.2, -0.15) is 0 Å². The smallest absolute Gasteiger partial charge is 0.282 e. The first kappa shape index (κ1) is 11.0. The first-order valence-electron chi connectivity index (χ1n) is 4.42. The topological polar surface area (TPSA) is 67.8 Å². The highest BCUT2D eigenvalue weighted by atomic mass is 35.5. The monoisotopic (exact) mass is 254 g/mol. The van der Waals surface area contributed by atoms with E-state index in [2.05, 4.69) is 20.5 Å². The van der Waals surface area contributed by atoms with Gasteiger partial charge in [0.1, 0.15) is 0 Å². The Balaban J connectivity index is 1.94. The van der Waals surface area contributed by atoms with Gasteiger partial charge in [-0.1, -0.05) is 11.3 Å². The van der Waals surface area contributed by atoms with E-state index in [0.29, 0.717) is 6.54 Å². The lowest BCUT2D eigenvalue weighted by atomic mass is 10.3. The van der Waals surface area contributed by atoms with Crippen molar-refractivity contribution in [2.24, 2.45) is 0 Å². The molecule has 0 bridgehead atoms. The third-order valence-electron chi connectivity index (χ3n) is 1.80. The largest absolute Gasteiger partial charge is 0.346 e. The first-order valence-corrected chi connectivity index (χ1v) is 5.61. The maximum absolute atomic E-state index is 11.6. The fraction of sp³-hybridized carbons (Fsp3) is 0.111. The van der Waals surface area contributed by atoms with Crippen LogP contribution in [0.1, 0.15) is 15.4 Å². The Morgan fingerprint density at radius 3 is 2.75 bits per heavy atom. The molecule has 0 aliphatic rings. The van der Waals surface area contributed by atoms with E-state index in [-0.39, 0.29) is 15.4 Å². The van der Waals surface area contributed by atoms with E-state index in [1.165, 1.54) is 0 Å². The number of hydrogen-bond donors (Lipinski definition) is 1. The third kappa shape index (κ3) is 2.74. The zero-order valence-electron chi connectivity index (χ0n) is 8.05. The van der Waals surface area contributed by atoms with Crippen LogP contribution in [0.25, 0.3) is 0 Å². The number of rotatable bonds is 3. The summed E-state index contributed by atoms with van der Waals surface area (Å²) in [6, 6.07) is 3.65. The van der Waals surface area contributed by atoms with Gasteiger partial charge in [0, 0.05) is 18.9 Å².